The molecule has 0 unspecified atom stereocenters. The average Bonchev–Trinajstić information content (AvgIpc) is 3.17. The number of ether oxygens (including phenoxy) is 4. The maximum Gasteiger partial charge on any atom is 0.339 e. The van der Waals surface area contributed by atoms with Gasteiger partial charge in [-0.1, -0.05) is 47.0 Å². The molecule has 6 aromatic rings. The molecule has 0 aliphatic rings. The zero-order valence-electron chi connectivity index (χ0n) is 29.7. The third-order valence-electron chi connectivity index (χ3n) is 7.75. The fraction of sp³-hybridized carbons (Fsp3) is 0.0952. The highest BCUT2D eigenvalue weighted by atomic mass is 35.5. The van der Waals surface area contributed by atoms with Gasteiger partial charge in [0.1, 0.15) is 45.1 Å². The van der Waals surface area contributed by atoms with Gasteiger partial charge in [-0.3, -0.25) is 9.59 Å². The maximum atomic E-state index is 13.0. The first-order chi connectivity index (χ1) is 26.5. The van der Waals surface area contributed by atoms with Crippen LogP contribution in [0.25, 0.3) is 0 Å². The molecule has 0 aliphatic carbocycles. The molecule has 0 radical (unpaired) electrons. The summed E-state index contributed by atoms with van der Waals surface area (Å²) in [5.41, 5.74) is 2.84. The van der Waals surface area contributed by atoms with Crippen LogP contribution in [-0.4, -0.2) is 33.4 Å². The molecule has 2 N–H and O–H groups in total. The summed E-state index contributed by atoms with van der Waals surface area (Å²) in [6.45, 7) is 3.42. The summed E-state index contributed by atoms with van der Waals surface area (Å²) in [5.74, 6) is 2.64. The van der Waals surface area contributed by atoms with E-state index in [2.05, 4.69) is 10.6 Å². The number of hydrogen-bond acceptors (Lipinski definition) is 9. The van der Waals surface area contributed by atoms with Crippen molar-refractivity contribution in [3.8, 4) is 40.2 Å². The van der Waals surface area contributed by atoms with Crippen LogP contribution >= 0.6 is 11.6 Å². The molecule has 0 aliphatic heterocycles. The third-order valence-corrected chi connectivity index (χ3v) is 9.30. The van der Waals surface area contributed by atoms with Gasteiger partial charge in [0.05, 0.1) is 10.7 Å². The van der Waals surface area contributed by atoms with Gasteiger partial charge in [-0.25, -0.2) is 0 Å². The Hall–Kier alpha value is -6.50. The van der Waals surface area contributed by atoms with E-state index < -0.39 is 21.9 Å². The number of carbonyl (C=O) groups is 2. The van der Waals surface area contributed by atoms with Crippen LogP contribution in [0.3, 0.4) is 0 Å². The monoisotopic (exact) mass is 778 g/mol. The summed E-state index contributed by atoms with van der Waals surface area (Å²) in [7, 11) is -4.30. The molecule has 0 fully saturated rings. The topological polar surface area (TPSA) is 138 Å². The summed E-state index contributed by atoms with van der Waals surface area (Å²) in [5, 5.41) is 5.26. The number of halogens is 1. The molecule has 0 bridgehead atoms. The van der Waals surface area contributed by atoms with Crippen LogP contribution in [0.15, 0.2) is 144 Å². The second-order valence-electron chi connectivity index (χ2n) is 12.2. The van der Waals surface area contributed by atoms with Gasteiger partial charge in [0.25, 0.3) is 11.8 Å². The van der Waals surface area contributed by atoms with Crippen LogP contribution in [0, 0.1) is 13.8 Å². The van der Waals surface area contributed by atoms with Crippen molar-refractivity contribution in [3.05, 3.63) is 156 Å². The van der Waals surface area contributed by atoms with Gasteiger partial charge in [-0.15, -0.1) is 0 Å². The number of carbonyl (C=O) groups excluding carboxylic acids is 2. The van der Waals surface area contributed by atoms with E-state index in [9.17, 15) is 18.0 Å². The second kappa shape index (κ2) is 17.5. The fourth-order valence-corrected chi connectivity index (χ4v) is 6.15. The number of amides is 2. The molecule has 6 aromatic carbocycles. The first kappa shape index (κ1) is 38.2. The second-order valence-corrected chi connectivity index (χ2v) is 14.1. The molecule has 6 rings (SSSR count). The predicted molar refractivity (Wildman–Crippen MR) is 209 cm³/mol. The molecular weight excluding hydrogens is 744 g/mol. The minimum absolute atomic E-state index is 0.00240. The lowest BCUT2D eigenvalue weighted by Gasteiger charge is -2.12. The minimum Gasteiger partial charge on any atom is -0.484 e. The third kappa shape index (κ3) is 11.2. The van der Waals surface area contributed by atoms with Crippen LogP contribution in [0.4, 0.5) is 11.4 Å². The Bertz CT molecular complexity index is 2350. The minimum atomic E-state index is -4.30. The first-order valence-corrected chi connectivity index (χ1v) is 18.6. The van der Waals surface area contributed by atoms with Crippen LogP contribution in [-0.2, 0) is 19.7 Å². The van der Waals surface area contributed by atoms with Crippen molar-refractivity contribution in [2.45, 2.75) is 18.7 Å². The highest BCUT2D eigenvalue weighted by Crippen LogP contribution is 2.29. The number of hydrogen-bond donors (Lipinski definition) is 2. The maximum absolute atomic E-state index is 13.0. The lowest BCUT2D eigenvalue weighted by atomic mass is 10.2. The van der Waals surface area contributed by atoms with Crippen LogP contribution in [0.2, 0.25) is 5.02 Å². The standard InChI is InChI=1S/C42H35ClN2O9S/c1-28-3-9-33(10-4-28)52-35-19-15-31(16-20-35)50-26-41(46)44-30-7-13-37(14-8-30)54-55(48,49)38-23-24-40(39(43)25-38)45-42(47)27-51-32-17-21-36(22-18-32)53-34-11-5-29(2)6-12-34/h3-25H,26-27H2,1-2H3,(H,44,46)(H,45,47). The lowest BCUT2D eigenvalue weighted by Crippen LogP contribution is -2.20. The van der Waals surface area contributed by atoms with E-state index in [0.717, 1.165) is 11.1 Å². The van der Waals surface area contributed by atoms with Gasteiger partial charge in [-0.05, 0) is 129 Å². The molecule has 0 saturated heterocycles. The zero-order valence-corrected chi connectivity index (χ0v) is 31.2. The van der Waals surface area contributed by atoms with E-state index >= 15 is 0 Å². The van der Waals surface area contributed by atoms with E-state index in [1.165, 1.54) is 42.5 Å². The van der Waals surface area contributed by atoms with Crippen molar-refractivity contribution in [3.63, 3.8) is 0 Å². The fourth-order valence-electron chi connectivity index (χ4n) is 4.90. The Labute approximate surface area is 323 Å². The van der Waals surface area contributed by atoms with Crippen molar-refractivity contribution in [2.75, 3.05) is 23.8 Å². The van der Waals surface area contributed by atoms with Gasteiger partial charge < -0.3 is 33.8 Å². The van der Waals surface area contributed by atoms with E-state index in [1.54, 1.807) is 48.5 Å². The molecule has 11 nitrogen and oxygen atoms in total. The summed E-state index contributed by atoms with van der Waals surface area (Å²) in [6.07, 6.45) is 0. The molecule has 280 valence electrons. The van der Waals surface area contributed by atoms with Crippen molar-refractivity contribution in [2.24, 2.45) is 0 Å². The first-order valence-electron chi connectivity index (χ1n) is 16.9. The Morgan fingerprint density at radius 1 is 0.527 bits per heavy atom. The number of aryl methyl sites for hydroxylation is 2. The normalized spacial score (nSPS) is 10.9. The molecule has 55 heavy (non-hydrogen) atoms. The number of anilines is 2. The van der Waals surface area contributed by atoms with Gasteiger partial charge in [0.15, 0.2) is 13.2 Å². The molecule has 0 heterocycles. The van der Waals surface area contributed by atoms with E-state index in [1.807, 2.05) is 62.4 Å². The highest BCUT2D eigenvalue weighted by molar-refractivity contribution is 7.87. The van der Waals surface area contributed by atoms with Crippen molar-refractivity contribution >= 4 is 44.9 Å². The Balaban J connectivity index is 0.938. The molecule has 0 aromatic heterocycles. The molecule has 0 saturated carbocycles. The number of rotatable bonds is 15. The van der Waals surface area contributed by atoms with E-state index in [4.69, 9.17) is 34.7 Å². The lowest BCUT2D eigenvalue weighted by molar-refractivity contribution is -0.118. The smallest absolute Gasteiger partial charge is 0.339 e. The SMILES string of the molecule is Cc1ccc(Oc2ccc(OCC(=O)Nc3ccc(OS(=O)(=O)c4ccc(NC(=O)COc5ccc(Oc6ccc(C)cc6)cc5)c(Cl)c4)cc3)cc2)cc1. The summed E-state index contributed by atoms with van der Waals surface area (Å²) < 4.78 is 54.0. The summed E-state index contributed by atoms with van der Waals surface area (Å²) in [6, 6.07) is 38.5. The van der Waals surface area contributed by atoms with Crippen molar-refractivity contribution in [1.29, 1.82) is 0 Å². The molecule has 0 spiro atoms. The quantitative estimate of drug-likeness (QED) is 0.0977. The van der Waals surface area contributed by atoms with Gasteiger partial charge in [0.2, 0.25) is 0 Å². The van der Waals surface area contributed by atoms with Crippen molar-refractivity contribution in [1.82, 2.24) is 0 Å². The Morgan fingerprint density at radius 3 is 1.38 bits per heavy atom. The zero-order chi connectivity index (χ0) is 38.8. The Morgan fingerprint density at radius 2 is 0.927 bits per heavy atom. The summed E-state index contributed by atoms with van der Waals surface area (Å²) >= 11 is 6.32. The molecule has 0 atom stereocenters. The summed E-state index contributed by atoms with van der Waals surface area (Å²) in [4.78, 5) is 24.8. The van der Waals surface area contributed by atoms with Gasteiger partial charge in [0, 0.05) is 5.69 Å². The van der Waals surface area contributed by atoms with E-state index in [0.29, 0.717) is 40.2 Å². The average molecular weight is 779 g/mol. The van der Waals surface area contributed by atoms with Gasteiger partial charge in [-0.2, -0.15) is 8.42 Å². The number of nitrogens with one attached hydrogen (secondary N) is 2. The largest absolute Gasteiger partial charge is 0.484 e. The Kier molecular flexibility index (Phi) is 12.2. The number of benzene rings is 6. The van der Waals surface area contributed by atoms with Crippen LogP contribution in [0.1, 0.15) is 11.1 Å². The van der Waals surface area contributed by atoms with Gasteiger partial charge >= 0.3 is 10.1 Å². The molecule has 13 heteroatoms. The molecule has 2 amide bonds. The molecular formula is C42H35ClN2O9S. The van der Waals surface area contributed by atoms with Crippen LogP contribution < -0.4 is 33.8 Å². The highest BCUT2D eigenvalue weighted by Gasteiger charge is 2.19. The van der Waals surface area contributed by atoms with Crippen LogP contribution in [0.5, 0.6) is 40.2 Å². The van der Waals surface area contributed by atoms with E-state index in [-0.39, 0.29) is 34.6 Å². The van der Waals surface area contributed by atoms with Crippen molar-refractivity contribution < 1.29 is 41.1 Å². The predicted octanol–water partition coefficient (Wildman–Crippen LogP) is 9.34.